The number of aromatic nitrogens is 1. The fourth-order valence-corrected chi connectivity index (χ4v) is 1.68. The summed E-state index contributed by atoms with van der Waals surface area (Å²) in [6.07, 6.45) is 1.68. The van der Waals surface area contributed by atoms with Crippen LogP contribution in [0.3, 0.4) is 0 Å². The molecule has 0 fully saturated rings. The summed E-state index contributed by atoms with van der Waals surface area (Å²) in [4.78, 5) is 9.22. The summed E-state index contributed by atoms with van der Waals surface area (Å²) in [5, 5.41) is 2.19. The zero-order chi connectivity index (χ0) is 9.84. The van der Waals surface area contributed by atoms with Gasteiger partial charge in [-0.25, -0.2) is 10.0 Å². The summed E-state index contributed by atoms with van der Waals surface area (Å²) < 4.78 is 0.855. The fraction of sp³-hybridized carbons (Fsp3) is 0.375. The fourth-order valence-electron chi connectivity index (χ4n) is 0.956. The Balaban J connectivity index is 2.99. The highest BCUT2D eigenvalue weighted by molar-refractivity contribution is 9.10. The molecule has 0 amide bonds. The van der Waals surface area contributed by atoms with Crippen molar-refractivity contribution in [2.45, 2.75) is 6.92 Å². The van der Waals surface area contributed by atoms with Crippen LogP contribution in [-0.2, 0) is 4.84 Å². The van der Waals surface area contributed by atoms with E-state index in [1.54, 1.807) is 24.4 Å². The van der Waals surface area contributed by atoms with Crippen LogP contribution in [0.1, 0.15) is 6.92 Å². The molecule has 0 bridgehead atoms. The lowest BCUT2D eigenvalue weighted by Gasteiger charge is -2.19. The molecule has 0 spiro atoms. The second kappa shape index (κ2) is 4.79. The summed E-state index contributed by atoms with van der Waals surface area (Å²) >= 11 is 9.25. The maximum Gasteiger partial charge on any atom is 0.171 e. The summed E-state index contributed by atoms with van der Waals surface area (Å²) in [7, 11) is 1.59. The number of halogens is 2. The van der Waals surface area contributed by atoms with E-state index in [1.807, 2.05) is 6.92 Å². The predicted octanol–water partition coefficient (Wildman–Crippen LogP) is 2.89. The maximum absolute atomic E-state index is 5.97. The lowest BCUT2D eigenvalue weighted by Crippen LogP contribution is -2.22. The van der Waals surface area contributed by atoms with E-state index in [2.05, 4.69) is 20.9 Å². The van der Waals surface area contributed by atoms with Gasteiger partial charge in [0.2, 0.25) is 0 Å². The second-order valence-corrected chi connectivity index (χ2v) is 3.66. The van der Waals surface area contributed by atoms with Gasteiger partial charge in [0.1, 0.15) is 0 Å². The minimum absolute atomic E-state index is 0.568. The van der Waals surface area contributed by atoms with E-state index in [-0.39, 0.29) is 0 Å². The molecule has 5 heteroatoms. The topological polar surface area (TPSA) is 25.4 Å². The highest BCUT2D eigenvalue weighted by Gasteiger charge is 2.09. The number of rotatable bonds is 3. The van der Waals surface area contributed by atoms with Crippen molar-refractivity contribution < 1.29 is 4.84 Å². The zero-order valence-electron chi connectivity index (χ0n) is 7.42. The monoisotopic (exact) mass is 264 g/mol. The number of nitrogens with zero attached hydrogens (tertiary/aromatic N) is 2. The molecule has 0 atom stereocenters. The molecule has 0 saturated carbocycles. The average Bonchev–Trinajstić information content (AvgIpc) is 2.10. The van der Waals surface area contributed by atoms with E-state index >= 15 is 0 Å². The van der Waals surface area contributed by atoms with E-state index < -0.39 is 0 Å². The van der Waals surface area contributed by atoms with Gasteiger partial charge in [0.05, 0.1) is 12.1 Å². The largest absolute Gasteiger partial charge is 0.275 e. The first kappa shape index (κ1) is 10.8. The normalized spacial score (nSPS) is 10.2. The maximum atomic E-state index is 5.97. The Hall–Kier alpha value is -0.320. The lowest BCUT2D eigenvalue weighted by molar-refractivity contribution is 0.168. The van der Waals surface area contributed by atoms with Gasteiger partial charge in [-0.1, -0.05) is 11.6 Å². The van der Waals surface area contributed by atoms with Gasteiger partial charge in [0.25, 0.3) is 0 Å². The van der Waals surface area contributed by atoms with E-state index in [9.17, 15) is 0 Å². The molecule has 0 aliphatic carbocycles. The van der Waals surface area contributed by atoms with Crippen molar-refractivity contribution in [3.63, 3.8) is 0 Å². The predicted molar refractivity (Wildman–Crippen MR) is 57.0 cm³/mol. The van der Waals surface area contributed by atoms with Crippen LogP contribution in [0.5, 0.6) is 0 Å². The van der Waals surface area contributed by atoms with E-state index in [4.69, 9.17) is 16.4 Å². The Morgan fingerprint density at radius 2 is 2.38 bits per heavy atom. The summed E-state index contributed by atoms with van der Waals surface area (Å²) in [5.41, 5.74) is 0. The van der Waals surface area contributed by atoms with Crippen LogP contribution in [0.2, 0.25) is 5.02 Å². The third-order valence-electron chi connectivity index (χ3n) is 1.53. The smallest absolute Gasteiger partial charge is 0.171 e. The first-order chi connectivity index (χ1) is 6.19. The number of hydroxylamine groups is 1. The third-order valence-corrected chi connectivity index (χ3v) is 2.24. The van der Waals surface area contributed by atoms with Crippen molar-refractivity contribution >= 4 is 33.3 Å². The Kier molecular flexibility index (Phi) is 3.96. The van der Waals surface area contributed by atoms with Crippen LogP contribution >= 0.6 is 27.5 Å². The van der Waals surface area contributed by atoms with Gasteiger partial charge >= 0.3 is 0 Å². The number of anilines is 1. The second-order valence-electron chi connectivity index (χ2n) is 2.34. The Labute approximate surface area is 90.7 Å². The zero-order valence-corrected chi connectivity index (χ0v) is 9.76. The van der Waals surface area contributed by atoms with Crippen molar-refractivity contribution in [1.29, 1.82) is 0 Å². The van der Waals surface area contributed by atoms with Gasteiger partial charge in [0, 0.05) is 17.2 Å². The van der Waals surface area contributed by atoms with Crippen molar-refractivity contribution in [2.24, 2.45) is 0 Å². The SMILES string of the molecule is CCN(OC)c1ncc(Br)cc1Cl. The van der Waals surface area contributed by atoms with Crippen LogP contribution in [0.4, 0.5) is 5.82 Å². The van der Waals surface area contributed by atoms with Gasteiger partial charge < -0.3 is 0 Å². The molecule has 0 aliphatic rings. The van der Waals surface area contributed by atoms with Crippen LogP contribution < -0.4 is 5.06 Å². The standard InChI is InChI=1S/C8H10BrClN2O/c1-3-12(13-2)8-7(10)4-6(9)5-11-8/h4-5H,3H2,1-2H3. The van der Waals surface area contributed by atoms with E-state index in [0.29, 0.717) is 17.4 Å². The molecular weight excluding hydrogens is 255 g/mol. The van der Waals surface area contributed by atoms with Crippen LogP contribution in [0, 0.1) is 0 Å². The minimum Gasteiger partial charge on any atom is -0.275 e. The molecule has 1 heterocycles. The highest BCUT2D eigenvalue weighted by atomic mass is 79.9. The van der Waals surface area contributed by atoms with Crippen molar-refractivity contribution in [3.05, 3.63) is 21.8 Å². The molecule has 1 aromatic heterocycles. The quantitative estimate of drug-likeness (QED) is 0.786. The van der Waals surface area contributed by atoms with Crippen LogP contribution in [0.25, 0.3) is 0 Å². The Morgan fingerprint density at radius 3 is 2.85 bits per heavy atom. The molecule has 72 valence electrons. The molecule has 0 aromatic carbocycles. The van der Waals surface area contributed by atoms with Gasteiger partial charge in [-0.2, -0.15) is 0 Å². The summed E-state index contributed by atoms with van der Waals surface area (Å²) in [5.74, 6) is 0.634. The Bertz CT molecular complexity index is 291. The first-order valence-electron chi connectivity index (χ1n) is 3.81. The van der Waals surface area contributed by atoms with E-state index in [1.165, 1.54) is 0 Å². The number of pyridine rings is 1. The van der Waals surface area contributed by atoms with Crippen molar-refractivity contribution in [3.8, 4) is 0 Å². The minimum atomic E-state index is 0.568. The van der Waals surface area contributed by atoms with Crippen molar-refractivity contribution in [1.82, 2.24) is 4.98 Å². The van der Waals surface area contributed by atoms with Gasteiger partial charge in [0.15, 0.2) is 5.82 Å². The molecule has 3 nitrogen and oxygen atoms in total. The highest BCUT2D eigenvalue weighted by Crippen LogP contribution is 2.25. The van der Waals surface area contributed by atoms with Gasteiger partial charge in [-0.3, -0.25) is 4.84 Å². The third kappa shape index (κ3) is 2.56. The van der Waals surface area contributed by atoms with Gasteiger partial charge in [-0.15, -0.1) is 0 Å². The first-order valence-corrected chi connectivity index (χ1v) is 4.98. The van der Waals surface area contributed by atoms with Crippen LogP contribution in [0.15, 0.2) is 16.7 Å². The average molecular weight is 266 g/mol. The number of hydrogen-bond acceptors (Lipinski definition) is 3. The molecule has 1 rings (SSSR count). The molecular formula is C8H10BrClN2O. The van der Waals surface area contributed by atoms with Crippen molar-refractivity contribution in [2.75, 3.05) is 18.7 Å². The lowest BCUT2D eigenvalue weighted by atomic mass is 10.4. The number of hydrogen-bond donors (Lipinski definition) is 0. The van der Waals surface area contributed by atoms with Crippen LogP contribution in [-0.4, -0.2) is 18.6 Å². The molecule has 0 N–H and O–H groups in total. The Morgan fingerprint density at radius 1 is 1.69 bits per heavy atom. The summed E-state index contributed by atoms with van der Waals surface area (Å²) in [6, 6.07) is 1.78. The molecule has 1 aromatic rings. The summed E-state index contributed by atoms with van der Waals surface area (Å²) in [6.45, 7) is 2.66. The molecule has 0 unspecified atom stereocenters. The van der Waals surface area contributed by atoms with E-state index in [0.717, 1.165) is 4.47 Å². The molecule has 0 radical (unpaired) electrons. The molecule has 0 saturated heterocycles. The van der Waals surface area contributed by atoms with Gasteiger partial charge in [-0.05, 0) is 28.9 Å². The molecule has 13 heavy (non-hydrogen) atoms. The molecule has 0 aliphatic heterocycles.